The van der Waals surface area contributed by atoms with Crippen molar-refractivity contribution in [3.63, 3.8) is 0 Å². The highest BCUT2D eigenvalue weighted by atomic mass is 15.3. The van der Waals surface area contributed by atoms with Crippen LogP contribution in [0, 0.1) is 5.41 Å². The summed E-state index contributed by atoms with van der Waals surface area (Å²) in [5, 5.41) is 12.5. The zero-order chi connectivity index (χ0) is 15.3. The number of hydrogen-bond acceptors (Lipinski definition) is 3. The lowest BCUT2D eigenvalue weighted by Crippen LogP contribution is -2.41. The molecule has 0 aliphatic carbocycles. The lowest BCUT2D eigenvalue weighted by atomic mass is 9.85. The minimum atomic E-state index is 0.183. The van der Waals surface area contributed by atoms with Gasteiger partial charge in [-0.05, 0) is 11.8 Å². The van der Waals surface area contributed by atoms with Gasteiger partial charge in [-0.1, -0.05) is 59.8 Å². The second kappa shape index (κ2) is 7.39. The van der Waals surface area contributed by atoms with Gasteiger partial charge in [0.1, 0.15) is 5.82 Å². The summed E-state index contributed by atoms with van der Waals surface area (Å²) in [6, 6.07) is 0.317. The molecule has 2 heterocycles. The van der Waals surface area contributed by atoms with Crippen LogP contribution in [-0.4, -0.2) is 21.3 Å². The Morgan fingerprint density at radius 2 is 1.81 bits per heavy atom. The van der Waals surface area contributed by atoms with E-state index in [0.717, 1.165) is 25.3 Å². The second-order valence-corrected chi connectivity index (χ2v) is 7.40. The Morgan fingerprint density at radius 3 is 2.52 bits per heavy atom. The number of aromatic nitrogens is 3. The summed E-state index contributed by atoms with van der Waals surface area (Å²) in [7, 11) is 0. The average Bonchev–Trinajstić information content (AvgIpc) is 2.85. The molecule has 0 aromatic carbocycles. The minimum absolute atomic E-state index is 0.183. The van der Waals surface area contributed by atoms with E-state index in [1.165, 1.54) is 44.3 Å². The Kier molecular flexibility index (Phi) is 5.80. The lowest BCUT2D eigenvalue weighted by Gasteiger charge is -2.34. The molecule has 1 atom stereocenters. The van der Waals surface area contributed by atoms with Crippen LogP contribution < -0.4 is 5.32 Å². The molecular formula is C17H32N4. The number of aryl methyl sites for hydroxylation is 1. The number of nitrogens with zero attached hydrogens (tertiary/aromatic N) is 3. The predicted octanol–water partition coefficient (Wildman–Crippen LogP) is 3.87. The third kappa shape index (κ3) is 4.29. The maximum Gasteiger partial charge on any atom is 0.150 e. The van der Waals surface area contributed by atoms with E-state index in [1.807, 2.05) is 0 Å². The summed E-state index contributed by atoms with van der Waals surface area (Å²) in [5.41, 5.74) is 0.183. The van der Waals surface area contributed by atoms with Crippen LogP contribution in [0.1, 0.15) is 83.9 Å². The fourth-order valence-electron chi connectivity index (χ4n) is 3.16. The van der Waals surface area contributed by atoms with Crippen molar-refractivity contribution >= 4 is 0 Å². The molecule has 2 rings (SSSR count). The first kappa shape index (κ1) is 16.5. The van der Waals surface area contributed by atoms with Crippen molar-refractivity contribution in [2.24, 2.45) is 5.41 Å². The summed E-state index contributed by atoms with van der Waals surface area (Å²) >= 11 is 0. The largest absolute Gasteiger partial charge is 0.312 e. The van der Waals surface area contributed by atoms with Gasteiger partial charge in [0.2, 0.25) is 0 Å². The number of fused-ring (bicyclic) bond motifs is 1. The van der Waals surface area contributed by atoms with Gasteiger partial charge in [0, 0.05) is 19.5 Å². The third-order valence-corrected chi connectivity index (χ3v) is 4.42. The molecule has 1 aliphatic rings. The van der Waals surface area contributed by atoms with E-state index in [2.05, 4.69) is 47.8 Å². The van der Waals surface area contributed by atoms with E-state index in [1.54, 1.807) is 0 Å². The van der Waals surface area contributed by atoms with E-state index < -0.39 is 0 Å². The van der Waals surface area contributed by atoms with Crippen LogP contribution in [0.5, 0.6) is 0 Å². The van der Waals surface area contributed by atoms with Crippen molar-refractivity contribution < 1.29 is 0 Å². The normalized spacial score (nSPS) is 18.8. The van der Waals surface area contributed by atoms with Crippen LogP contribution in [-0.2, 0) is 13.0 Å². The second-order valence-electron chi connectivity index (χ2n) is 7.40. The first-order valence-corrected chi connectivity index (χ1v) is 8.69. The Morgan fingerprint density at radius 1 is 1.10 bits per heavy atom. The predicted molar refractivity (Wildman–Crippen MR) is 87.3 cm³/mol. The zero-order valence-corrected chi connectivity index (χ0v) is 14.3. The Hall–Kier alpha value is -0.900. The standard InChI is InChI=1S/C17H32N4/c1-5-6-7-8-9-10-11-14-19-20-16-15(17(2,3)4)18-12-13-21(14)16/h15,18H,5-13H2,1-4H3. The molecule has 0 radical (unpaired) electrons. The summed E-state index contributed by atoms with van der Waals surface area (Å²) < 4.78 is 2.36. The van der Waals surface area contributed by atoms with Crippen molar-refractivity contribution in [2.75, 3.05) is 6.54 Å². The van der Waals surface area contributed by atoms with Gasteiger partial charge in [0.25, 0.3) is 0 Å². The zero-order valence-electron chi connectivity index (χ0n) is 14.3. The smallest absolute Gasteiger partial charge is 0.150 e. The maximum atomic E-state index is 4.48. The van der Waals surface area contributed by atoms with Crippen LogP contribution in [0.25, 0.3) is 0 Å². The van der Waals surface area contributed by atoms with Crippen LogP contribution in [0.2, 0.25) is 0 Å². The summed E-state index contributed by atoms with van der Waals surface area (Å²) in [4.78, 5) is 0. The number of unbranched alkanes of at least 4 members (excludes halogenated alkanes) is 5. The first-order chi connectivity index (χ1) is 10.0. The molecule has 0 amide bonds. The topological polar surface area (TPSA) is 42.7 Å². The summed E-state index contributed by atoms with van der Waals surface area (Å²) in [5.74, 6) is 2.32. The van der Waals surface area contributed by atoms with E-state index in [4.69, 9.17) is 0 Å². The van der Waals surface area contributed by atoms with Gasteiger partial charge in [-0.15, -0.1) is 10.2 Å². The Labute approximate surface area is 129 Å². The highest BCUT2D eigenvalue weighted by Crippen LogP contribution is 2.33. The number of rotatable bonds is 7. The van der Waals surface area contributed by atoms with Gasteiger partial charge in [-0.2, -0.15) is 0 Å². The van der Waals surface area contributed by atoms with Crippen molar-refractivity contribution in [3.8, 4) is 0 Å². The van der Waals surface area contributed by atoms with Crippen LogP contribution in [0.4, 0.5) is 0 Å². The molecule has 120 valence electrons. The van der Waals surface area contributed by atoms with Gasteiger partial charge >= 0.3 is 0 Å². The molecule has 1 N–H and O–H groups in total. The summed E-state index contributed by atoms with van der Waals surface area (Å²) in [6.07, 6.45) is 9.08. The third-order valence-electron chi connectivity index (χ3n) is 4.42. The number of hydrogen-bond donors (Lipinski definition) is 1. The molecule has 21 heavy (non-hydrogen) atoms. The van der Waals surface area contributed by atoms with Crippen molar-refractivity contribution in [1.29, 1.82) is 0 Å². The van der Waals surface area contributed by atoms with Crippen LogP contribution in [0.15, 0.2) is 0 Å². The minimum Gasteiger partial charge on any atom is -0.312 e. The fraction of sp³-hybridized carbons (Fsp3) is 0.882. The SMILES string of the molecule is CCCCCCCCc1nnc2n1CCNC2C(C)(C)C. The van der Waals surface area contributed by atoms with Crippen molar-refractivity contribution in [1.82, 2.24) is 20.1 Å². The summed E-state index contributed by atoms with van der Waals surface area (Å²) in [6.45, 7) is 11.1. The molecule has 4 nitrogen and oxygen atoms in total. The maximum absolute atomic E-state index is 4.48. The monoisotopic (exact) mass is 292 g/mol. The molecule has 1 aromatic heterocycles. The van der Waals surface area contributed by atoms with Gasteiger partial charge < -0.3 is 9.88 Å². The molecule has 1 aliphatic heterocycles. The molecule has 0 saturated carbocycles. The van der Waals surface area contributed by atoms with Gasteiger partial charge in [-0.25, -0.2) is 0 Å². The van der Waals surface area contributed by atoms with Gasteiger partial charge in [-0.3, -0.25) is 0 Å². The van der Waals surface area contributed by atoms with E-state index in [9.17, 15) is 0 Å². The highest BCUT2D eigenvalue weighted by molar-refractivity contribution is 5.08. The molecule has 1 unspecified atom stereocenters. The van der Waals surface area contributed by atoms with Crippen molar-refractivity contribution in [2.45, 2.75) is 85.2 Å². The molecule has 0 fully saturated rings. The average molecular weight is 292 g/mol. The molecule has 0 spiro atoms. The molecule has 0 bridgehead atoms. The van der Waals surface area contributed by atoms with E-state index in [0.29, 0.717) is 6.04 Å². The van der Waals surface area contributed by atoms with E-state index in [-0.39, 0.29) is 5.41 Å². The Bertz CT molecular complexity index is 430. The van der Waals surface area contributed by atoms with E-state index >= 15 is 0 Å². The fourth-order valence-corrected chi connectivity index (χ4v) is 3.16. The highest BCUT2D eigenvalue weighted by Gasteiger charge is 2.33. The van der Waals surface area contributed by atoms with Gasteiger partial charge in [0.05, 0.1) is 6.04 Å². The first-order valence-electron chi connectivity index (χ1n) is 8.69. The Balaban J connectivity index is 1.90. The van der Waals surface area contributed by atoms with Gasteiger partial charge in [0.15, 0.2) is 5.82 Å². The van der Waals surface area contributed by atoms with Crippen LogP contribution in [0.3, 0.4) is 0 Å². The number of nitrogens with one attached hydrogen (secondary N) is 1. The molecule has 4 heteroatoms. The molecule has 0 saturated heterocycles. The molecular weight excluding hydrogens is 260 g/mol. The quantitative estimate of drug-likeness (QED) is 0.776. The molecule has 1 aromatic rings. The lowest BCUT2D eigenvalue weighted by molar-refractivity contribution is 0.232. The van der Waals surface area contributed by atoms with Crippen molar-refractivity contribution in [3.05, 3.63) is 11.6 Å². The van der Waals surface area contributed by atoms with Crippen LogP contribution >= 0.6 is 0 Å².